The first kappa shape index (κ1) is 11.9. The van der Waals surface area contributed by atoms with E-state index in [9.17, 15) is 9.59 Å². The summed E-state index contributed by atoms with van der Waals surface area (Å²) >= 11 is 3.30. The van der Waals surface area contributed by atoms with Crippen LogP contribution in [-0.4, -0.2) is 20.5 Å². The summed E-state index contributed by atoms with van der Waals surface area (Å²) in [6.45, 7) is 0. The molecular weight excluding hydrogens is 312 g/mol. The monoisotopic (exact) mass is 318 g/mol. The van der Waals surface area contributed by atoms with Crippen molar-refractivity contribution in [2.75, 3.05) is 0 Å². The Labute approximate surface area is 115 Å². The molecule has 0 aliphatic rings. The molecule has 1 N–H and O–H groups in total. The molecular formula is C13H7BrN2O3. The van der Waals surface area contributed by atoms with Gasteiger partial charge in [-0.15, -0.1) is 0 Å². The number of hydrogen-bond donors (Lipinski definition) is 1. The highest BCUT2D eigenvalue weighted by molar-refractivity contribution is 9.10. The topological polar surface area (TPSA) is 71.7 Å². The van der Waals surface area contributed by atoms with Gasteiger partial charge in [0.25, 0.3) is 5.56 Å². The molecule has 0 aliphatic carbocycles. The third-order valence-corrected chi connectivity index (χ3v) is 3.33. The molecule has 0 atom stereocenters. The van der Waals surface area contributed by atoms with Crippen molar-refractivity contribution in [3.05, 3.63) is 56.9 Å². The summed E-state index contributed by atoms with van der Waals surface area (Å²) in [5.41, 5.74) is 0.329. The minimum atomic E-state index is -1.11. The third kappa shape index (κ3) is 1.80. The lowest BCUT2D eigenvalue weighted by Gasteiger charge is -2.05. The molecule has 2 heterocycles. The van der Waals surface area contributed by atoms with E-state index in [2.05, 4.69) is 20.9 Å². The fourth-order valence-corrected chi connectivity index (χ4v) is 2.32. The predicted molar refractivity (Wildman–Crippen MR) is 73.6 cm³/mol. The lowest BCUT2D eigenvalue weighted by Crippen LogP contribution is -2.17. The van der Waals surface area contributed by atoms with Gasteiger partial charge < -0.3 is 5.11 Å². The van der Waals surface area contributed by atoms with Crippen LogP contribution in [-0.2, 0) is 0 Å². The normalized spacial score (nSPS) is 11.0. The number of carboxylic acids is 1. The van der Waals surface area contributed by atoms with Crippen LogP contribution in [0.15, 0.2) is 45.8 Å². The number of fused-ring (bicyclic) bond motifs is 2. The molecule has 3 rings (SSSR count). The van der Waals surface area contributed by atoms with Gasteiger partial charge in [0.05, 0.1) is 10.9 Å². The van der Waals surface area contributed by atoms with E-state index in [4.69, 9.17) is 5.11 Å². The summed E-state index contributed by atoms with van der Waals surface area (Å²) in [7, 11) is 0. The second-order valence-electron chi connectivity index (χ2n) is 4.00. The first-order valence-corrected chi connectivity index (χ1v) is 6.21. The molecule has 0 amide bonds. The Balaban J connectivity index is 2.58. The van der Waals surface area contributed by atoms with Crippen molar-refractivity contribution in [2.24, 2.45) is 0 Å². The van der Waals surface area contributed by atoms with Gasteiger partial charge >= 0.3 is 5.97 Å². The van der Waals surface area contributed by atoms with Gasteiger partial charge in [-0.3, -0.25) is 9.20 Å². The van der Waals surface area contributed by atoms with Crippen molar-refractivity contribution in [1.82, 2.24) is 9.38 Å². The van der Waals surface area contributed by atoms with Crippen LogP contribution >= 0.6 is 15.9 Å². The Morgan fingerprint density at radius 2 is 2.11 bits per heavy atom. The van der Waals surface area contributed by atoms with Crippen molar-refractivity contribution in [3.8, 4) is 0 Å². The summed E-state index contributed by atoms with van der Waals surface area (Å²) in [6.07, 6.45) is 1.51. The summed E-state index contributed by atoms with van der Waals surface area (Å²) in [5, 5.41) is 9.58. The molecule has 0 saturated heterocycles. The minimum Gasteiger partial charge on any atom is -0.478 e. The molecule has 0 saturated carbocycles. The molecule has 6 heteroatoms. The summed E-state index contributed by atoms with van der Waals surface area (Å²) in [5.74, 6) is -1.11. The van der Waals surface area contributed by atoms with Gasteiger partial charge in [0, 0.05) is 10.7 Å². The van der Waals surface area contributed by atoms with Crippen molar-refractivity contribution in [1.29, 1.82) is 0 Å². The second kappa shape index (κ2) is 4.17. The number of aromatic carboxylic acids is 1. The maximum Gasteiger partial charge on any atom is 0.339 e. The predicted octanol–water partition coefficient (Wildman–Crippen LogP) is 2.31. The Kier molecular flexibility index (Phi) is 2.60. The average Bonchev–Trinajstić information content (AvgIpc) is 2.37. The highest BCUT2D eigenvalue weighted by Gasteiger charge is 2.13. The van der Waals surface area contributed by atoms with Gasteiger partial charge in [-0.1, -0.05) is 15.9 Å². The quantitative estimate of drug-likeness (QED) is 0.699. The van der Waals surface area contributed by atoms with Crippen LogP contribution in [0, 0.1) is 0 Å². The second-order valence-corrected chi connectivity index (χ2v) is 4.91. The van der Waals surface area contributed by atoms with E-state index < -0.39 is 5.97 Å². The van der Waals surface area contributed by atoms with E-state index in [1.54, 1.807) is 18.2 Å². The molecule has 0 fully saturated rings. The molecule has 0 radical (unpaired) electrons. The highest BCUT2D eigenvalue weighted by Crippen LogP contribution is 2.17. The van der Waals surface area contributed by atoms with Gasteiger partial charge in [0.15, 0.2) is 5.65 Å². The number of nitrogens with zero attached hydrogens (tertiary/aromatic N) is 2. The number of benzene rings is 1. The van der Waals surface area contributed by atoms with Crippen molar-refractivity contribution < 1.29 is 9.90 Å². The molecule has 3 aromatic rings. The van der Waals surface area contributed by atoms with Gasteiger partial charge in [-0.05, 0) is 30.3 Å². The van der Waals surface area contributed by atoms with Gasteiger partial charge in [0.2, 0.25) is 0 Å². The zero-order valence-electron chi connectivity index (χ0n) is 9.50. The van der Waals surface area contributed by atoms with Crippen LogP contribution in [0.25, 0.3) is 16.6 Å². The fraction of sp³-hybridized carbons (Fsp3) is 0. The van der Waals surface area contributed by atoms with Crippen LogP contribution in [0.3, 0.4) is 0 Å². The fourth-order valence-electron chi connectivity index (χ4n) is 1.97. The number of halogens is 1. The summed E-state index contributed by atoms with van der Waals surface area (Å²) in [4.78, 5) is 27.7. The van der Waals surface area contributed by atoms with E-state index in [0.717, 1.165) is 4.47 Å². The molecule has 1 aromatic carbocycles. The van der Waals surface area contributed by atoms with Crippen LogP contribution in [0.1, 0.15) is 10.4 Å². The number of carbonyl (C=O) groups is 1. The lowest BCUT2D eigenvalue weighted by molar-refractivity contribution is 0.0698. The molecule has 0 bridgehead atoms. The largest absolute Gasteiger partial charge is 0.478 e. The maximum atomic E-state index is 12.3. The zero-order chi connectivity index (χ0) is 13.6. The molecule has 94 valence electrons. The Morgan fingerprint density at radius 1 is 1.32 bits per heavy atom. The van der Waals surface area contributed by atoms with Crippen molar-refractivity contribution >= 4 is 38.4 Å². The smallest absolute Gasteiger partial charge is 0.339 e. The summed E-state index contributed by atoms with van der Waals surface area (Å²) in [6, 6.07) is 8.04. The van der Waals surface area contributed by atoms with E-state index in [-0.39, 0.29) is 16.8 Å². The van der Waals surface area contributed by atoms with Crippen LogP contribution in [0.2, 0.25) is 0 Å². The number of rotatable bonds is 1. The van der Waals surface area contributed by atoms with Crippen LogP contribution in [0.5, 0.6) is 0 Å². The van der Waals surface area contributed by atoms with Gasteiger partial charge in [-0.2, -0.15) is 0 Å². The number of carboxylic acid groups (broad SMARTS) is 1. The molecule has 2 aromatic heterocycles. The number of pyridine rings is 1. The molecule has 19 heavy (non-hydrogen) atoms. The maximum absolute atomic E-state index is 12.3. The van der Waals surface area contributed by atoms with Crippen LogP contribution < -0.4 is 5.56 Å². The standard InChI is InChI=1S/C13H7BrN2O3/c14-7-3-4-8-10(6-7)15-11-9(13(18)19)2-1-5-16(11)12(8)17/h1-6H,(H,18,19). The molecule has 0 unspecified atom stereocenters. The SMILES string of the molecule is O=C(O)c1cccn2c(=O)c3ccc(Br)cc3nc12. The number of aromatic nitrogens is 2. The van der Waals surface area contributed by atoms with Crippen molar-refractivity contribution in [3.63, 3.8) is 0 Å². The molecule has 5 nitrogen and oxygen atoms in total. The van der Waals surface area contributed by atoms with E-state index in [1.165, 1.54) is 22.7 Å². The van der Waals surface area contributed by atoms with E-state index >= 15 is 0 Å². The Morgan fingerprint density at radius 3 is 2.84 bits per heavy atom. The van der Waals surface area contributed by atoms with Crippen LogP contribution in [0.4, 0.5) is 0 Å². The van der Waals surface area contributed by atoms with Gasteiger partial charge in [-0.25, -0.2) is 9.78 Å². The molecule has 0 spiro atoms. The Hall–Kier alpha value is -2.21. The first-order valence-electron chi connectivity index (χ1n) is 5.42. The highest BCUT2D eigenvalue weighted by atomic mass is 79.9. The lowest BCUT2D eigenvalue weighted by atomic mass is 10.2. The zero-order valence-corrected chi connectivity index (χ0v) is 11.1. The average molecular weight is 319 g/mol. The first-order chi connectivity index (χ1) is 9.08. The van der Waals surface area contributed by atoms with Crippen molar-refractivity contribution in [2.45, 2.75) is 0 Å². The number of hydrogen-bond acceptors (Lipinski definition) is 3. The molecule has 0 aliphatic heterocycles. The van der Waals surface area contributed by atoms with Gasteiger partial charge in [0.1, 0.15) is 5.56 Å². The summed E-state index contributed by atoms with van der Waals surface area (Å²) < 4.78 is 2.03. The minimum absolute atomic E-state index is 0.00137. The van der Waals surface area contributed by atoms with E-state index in [1.807, 2.05) is 0 Å². The third-order valence-electron chi connectivity index (χ3n) is 2.83. The van der Waals surface area contributed by atoms with E-state index in [0.29, 0.717) is 10.9 Å². The Bertz CT molecular complexity index is 886.